The lowest BCUT2D eigenvalue weighted by atomic mass is 10.1. The van der Waals surface area contributed by atoms with Gasteiger partial charge in [-0.3, -0.25) is 0 Å². The normalized spacial score (nSPS) is 11.5. The van der Waals surface area contributed by atoms with E-state index in [0.29, 0.717) is 6.54 Å². The van der Waals surface area contributed by atoms with Gasteiger partial charge < -0.3 is 20.1 Å². The number of aliphatic imine (C=N–C) groups is 1. The Morgan fingerprint density at radius 1 is 1.12 bits per heavy atom. The summed E-state index contributed by atoms with van der Waals surface area (Å²) in [7, 11) is 2.17. The molecule has 2 N–H and O–H groups in total. The summed E-state index contributed by atoms with van der Waals surface area (Å²) in [6.07, 6.45) is 4.21. The van der Waals surface area contributed by atoms with Gasteiger partial charge in [0.2, 0.25) is 0 Å². The van der Waals surface area contributed by atoms with Crippen molar-refractivity contribution in [2.75, 3.05) is 33.2 Å². The van der Waals surface area contributed by atoms with Crippen LogP contribution in [0, 0.1) is 0 Å². The van der Waals surface area contributed by atoms with Crippen molar-refractivity contribution < 1.29 is 4.52 Å². The number of aromatic nitrogens is 1. The Kier molecular flexibility index (Phi) is 13.9. The third-order valence-corrected chi connectivity index (χ3v) is 4.03. The highest BCUT2D eigenvalue weighted by Gasteiger charge is 2.13. The van der Waals surface area contributed by atoms with Gasteiger partial charge in [0.15, 0.2) is 5.96 Å². The summed E-state index contributed by atoms with van der Waals surface area (Å²) in [4.78, 5) is 7.06. The maximum Gasteiger partial charge on any atom is 0.191 e. The molecule has 1 aromatic rings. The van der Waals surface area contributed by atoms with Crippen molar-refractivity contribution in [1.82, 2.24) is 20.7 Å². The first kappa shape index (κ1) is 24.2. The van der Waals surface area contributed by atoms with Crippen LogP contribution in [0.25, 0.3) is 0 Å². The van der Waals surface area contributed by atoms with E-state index >= 15 is 0 Å². The lowest BCUT2D eigenvalue weighted by Gasteiger charge is -2.17. The summed E-state index contributed by atoms with van der Waals surface area (Å²) in [5.41, 5.74) is 2.16. The van der Waals surface area contributed by atoms with E-state index in [9.17, 15) is 0 Å². The van der Waals surface area contributed by atoms with Crippen molar-refractivity contribution in [3.8, 4) is 0 Å². The molecule has 0 aliphatic carbocycles. The summed E-state index contributed by atoms with van der Waals surface area (Å²) < 4.78 is 5.41. The number of guanidine groups is 1. The van der Waals surface area contributed by atoms with Crippen LogP contribution >= 0.6 is 24.0 Å². The van der Waals surface area contributed by atoms with Crippen LogP contribution in [0.5, 0.6) is 0 Å². The fourth-order valence-electron chi connectivity index (χ4n) is 2.52. The van der Waals surface area contributed by atoms with Gasteiger partial charge in [-0.1, -0.05) is 32.3 Å². The van der Waals surface area contributed by atoms with E-state index in [2.05, 4.69) is 55.4 Å². The topological polar surface area (TPSA) is 65.7 Å². The van der Waals surface area contributed by atoms with E-state index in [1.54, 1.807) is 0 Å². The summed E-state index contributed by atoms with van der Waals surface area (Å²) in [6.45, 7) is 13.0. The zero-order chi connectivity index (χ0) is 17.8. The molecule has 146 valence electrons. The molecule has 25 heavy (non-hydrogen) atoms. The lowest BCUT2D eigenvalue weighted by Crippen LogP contribution is -2.41. The second kappa shape index (κ2) is 14.4. The Morgan fingerprint density at radius 2 is 1.88 bits per heavy atom. The molecule has 1 aromatic heterocycles. The maximum absolute atomic E-state index is 5.41. The molecule has 0 saturated carbocycles. The predicted molar refractivity (Wildman–Crippen MR) is 116 cm³/mol. The number of nitrogens with one attached hydrogen (secondary N) is 2. The van der Waals surface area contributed by atoms with Crippen LogP contribution in [0.3, 0.4) is 0 Å². The maximum atomic E-state index is 5.41. The van der Waals surface area contributed by atoms with Gasteiger partial charge in [-0.05, 0) is 33.4 Å². The zero-order valence-electron chi connectivity index (χ0n) is 16.5. The van der Waals surface area contributed by atoms with Crippen molar-refractivity contribution in [3.05, 3.63) is 17.0 Å². The van der Waals surface area contributed by atoms with Gasteiger partial charge >= 0.3 is 0 Å². The minimum absolute atomic E-state index is 0. The third-order valence-electron chi connectivity index (χ3n) is 4.03. The molecule has 0 amide bonds. The molecule has 1 heterocycles. The van der Waals surface area contributed by atoms with Gasteiger partial charge in [-0.2, -0.15) is 0 Å². The summed E-state index contributed by atoms with van der Waals surface area (Å²) in [5.74, 6) is 1.80. The summed E-state index contributed by atoms with van der Waals surface area (Å²) in [5, 5.41) is 10.9. The number of likely N-dealkylation sites (N-methyl/N-ethyl adjacent to an activating group) is 1. The van der Waals surface area contributed by atoms with E-state index in [4.69, 9.17) is 9.52 Å². The van der Waals surface area contributed by atoms with E-state index < -0.39 is 0 Å². The van der Waals surface area contributed by atoms with E-state index in [1.807, 2.05) is 0 Å². The third kappa shape index (κ3) is 8.89. The van der Waals surface area contributed by atoms with Gasteiger partial charge in [0.1, 0.15) is 5.76 Å². The molecule has 0 fully saturated rings. The molecular weight excluding hydrogens is 429 g/mol. The predicted octanol–water partition coefficient (Wildman–Crippen LogP) is 3.20. The molecule has 0 radical (unpaired) electrons. The number of unbranched alkanes of at least 4 members (excludes halogenated alkanes) is 1. The van der Waals surface area contributed by atoms with Crippen molar-refractivity contribution in [2.45, 2.75) is 59.9 Å². The first-order valence-corrected chi connectivity index (χ1v) is 9.33. The van der Waals surface area contributed by atoms with Crippen LogP contribution in [0.2, 0.25) is 0 Å². The van der Waals surface area contributed by atoms with Crippen LogP contribution in [0.4, 0.5) is 0 Å². The second-order valence-electron chi connectivity index (χ2n) is 6.02. The van der Waals surface area contributed by atoms with Crippen molar-refractivity contribution >= 4 is 29.9 Å². The van der Waals surface area contributed by atoms with Gasteiger partial charge in [0, 0.05) is 31.6 Å². The Balaban J connectivity index is 0.00000576. The number of hydrogen-bond acceptors (Lipinski definition) is 4. The standard InChI is InChI=1S/C18H35N5O.HI/c1-6-10-12-23(5)13-11-20-18(19-9-4)21-14-15-16(7-2)22-24-17(15)8-3;/h6-14H2,1-5H3,(H2,19,20,21);1H. The molecule has 0 spiro atoms. The molecular formula is C18H36IN5O. The Hall–Kier alpha value is -0.830. The smallest absolute Gasteiger partial charge is 0.191 e. The molecule has 0 bridgehead atoms. The Morgan fingerprint density at radius 3 is 2.48 bits per heavy atom. The number of nitrogens with zero attached hydrogens (tertiary/aromatic N) is 3. The number of rotatable bonds is 11. The molecule has 1 rings (SSSR count). The molecule has 7 heteroatoms. The van der Waals surface area contributed by atoms with Gasteiger partial charge in [-0.25, -0.2) is 4.99 Å². The summed E-state index contributed by atoms with van der Waals surface area (Å²) >= 11 is 0. The van der Waals surface area contributed by atoms with E-state index in [-0.39, 0.29) is 24.0 Å². The molecule has 0 atom stereocenters. The number of halogens is 1. The summed E-state index contributed by atoms with van der Waals surface area (Å²) in [6, 6.07) is 0. The molecule has 0 saturated heterocycles. The minimum atomic E-state index is 0. The van der Waals surface area contributed by atoms with Crippen LogP contribution < -0.4 is 10.6 Å². The first-order valence-electron chi connectivity index (χ1n) is 9.33. The van der Waals surface area contributed by atoms with Gasteiger partial charge in [0.25, 0.3) is 0 Å². The number of aryl methyl sites for hydroxylation is 2. The highest BCUT2D eigenvalue weighted by Crippen LogP contribution is 2.16. The minimum Gasteiger partial charge on any atom is -0.361 e. The quantitative estimate of drug-likeness (QED) is 0.299. The van der Waals surface area contributed by atoms with Gasteiger partial charge in [0.05, 0.1) is 12.2 Å². The Labute approximate surface area is 170 Å². The van der Waals surface area contributed by atoms with Crippen molar-refractivity contribution in [3.63, 3.8) is 0 Å². The van der Waals surface area contributed by atoms with Crippen LogP contribution in [0.1, 0.15) is 57.6 Å². The average molecular weight is 465 g/mol. The molecule has 0 aliphatic rings. The average Bonchev–Trinajstić information content (AvgIpc) is 2.99. The largest absolute Gasteiger partial charge is 0.361 e. The van der Waals surface area contributed by atoms with Crippen molar-refractivity contribution in [2.24, 2.45) is 4.99 Å². The monoisotopic (exact) mass is 465 g/mol. The van der Waals surface area contributed by atoms with Crippen molar-refractivity contribution in [1.29, 1.82) is 0 Å². The fraction of sp³-hybridized carbons (Fsp3) is 0.778. The number of hydrogen-bond donors (Lipinski definition) is 2. The van der Waals surface area contributed by atoms with Crippen LogP contribution in [-0.2, 0) is 19.4 Å². The lowest BCUT2D eigenvalue weighted by molar-refractivity contribution is 0.332. The molecule has 0 unspecified atom stereocenters. The van der Waals surface area contributed by atoms with Crippen LogP contribution in [0.15, 0.2) is 9.52 Å². The fourth-order valence-corrected chi connectivity index (χ4v) is 2.52. The van der Waals surface area contributed by atoms with E-state index in [1.165, 1.54) is 12.8 Å². The van der Waals surface area contributed by atoms with Gasteiger partial charge in [-0.15, -0.1) is 24.0 Å². The second-order valence-corrected chi connectivity index (χ2v) is 6.02. The highest BCUT2D eigenvalue weighted by molar-refractivity contribution is 14.0. The van der Waals surface area contributed by atoms with E-state index in [0.717, 1.165) is 62.0 Å². The Bertz CT molecular complexity index is 468. The molecule has 0 aromatic carbocycles. The highest BCUT2D eigenvalue weighted by atomic mass is 127. The van der Waals surface area contributed by atoms with Crippen LogP contribution in [-0.4, -0.2) is 49.2 Å². The zero-order valence-corrected chi connectivity index (χ0v) is 18.9. The molecule has 6 nitrogen and oxygen atoms in total. The molecule has 0 aliphatic heterocycles. The SMILES string of the molecule is CCCCN(C)CCNC(=NCc1c(CC)noc1CC)NCC.I. The first-order chi connectivity index (χ1) is 11.7.